The van der Waals surface area contributed by atoms with Gasteiger partial charge in [0.2, 0.25) is 8.32 Å². The molecule has 0 aromatic heterocycles. The molecule has 0 spiro atoms. The largest absolute Gasteiger partial charge is 0.543 e. The molecule has 0 fully saturated rings. The Bertz CT molecular complexity index is 600. The van der Waals surface area contributed by atoms with E-state index in [2.05, 4.69) is 81.5 Å². The first kappa shape index (κ1) is 18.8. The third kappa shape index (κ3) is 4.11. The van der Waals surface area contributed by atoms with Gasteiger partial charge in [-0.1, -0.05) is 56.3 Å². The van der Waals surface area contributed by atoms with E-state index in [0.29, 0.717) is 0 Å². The molecule has 2 rings (SSSR count). The van der Waals surface area contributed by atoms with Gasteiger partial charge in [-0.2, -0.15) is 0 Å². The summed E-state index contributed by atoms with van der Waals surface area (Å²) in [6.07, 6.45) is 4.64. The third-order valence-corrected chi connectivity index (χ3v) is 10.3. The summed E-state index contributed by atoms with van der Waals surface area (Å²) in [5.74, 6) is 1.05. The van der Waals surface area contributed by atoms with Crippen LogP contribution in [0.1, 0.15) is 58.1 Å². The number of hydrogen-bond acceptors (Lipinski definition) is 1. The van der Waals surface area contributed by atoms with Crippen LogP contribution in [0.15, 0.2) is 29.3 Å². The fourth-order valence-electron chi connectivity index (χ4n) is 3.29. The van der Waals surface area contributed by atoms with Crippen LogP contribution in [-0.4, -0.2) is 8.32 Å². The molecule has 0 aliphatic heterocycles. The van der Waals surface area contributed by atoms with Gasteiger partial charge in [0.05, 0.1) is 0 Å². The molecule has 0 saturated heterocycles. The lowest BCUT2D eigenvalue weighted by molar-refractivity contribution is 0.395. The highest BCUT2D eigenvalue weighted by atomic mass is 79.9. The van der Waals surface area contributed by atoms with Gasteiger partial charge in [0, 0.05) is 0 Å². The van der Waals surface area contributed by atoms with E-state index < -0.39 is 8.32 Å². The lowest BCUT2D eigenvalue weighted by Gasteiger charge is -2.38. The van der Waals surface area contributed by atoms with Crippen molar-refractivity contribution < 1.29 is 4.43 Å². The molecule has 1 aromatic rings. The molecule has 0 bridgehead atoms. The predicted octanol–water partition coefficient (Wildman–Crippen LogP) is 6.96. The number of rotatable bonds is 4. The van der Waals surface area contributed by atoms with Gasteiger partial charge in [-0.15, -0.1) is 0 Å². The van der Waals surface area contributed by atoms with Crippen molar-refractivity contribution in [2.75, 3.05) is 0 Å². The molecular weight excluding hydrogens is 364 g/mol. The van der Waals surface area contributed by atoms with Gasteiger partial charge in [-0.05, 0) is 77.0 Å². The van der Waals surface area contributed by atoms with Crippen molar-refractivity contribution in [3.8, 4) is 5.75 Å². The Morgan fingerprint density at radius 2 is 2.00 bits per heavy atom. The first-order valence-corrected chi connectivity index (χ1v) is 12.3. The maximum Gasteiger partial charge on any atom is 0.250 e. The van der Waals surface area contributed by atoms with Gasteiger partial charge < -0.3 is 4.43 Å². The molecule has 1 atom stereocenters. The van der Waals surface area contributed by atoms with Crippen LogP contribution in [0.4, 0.5) is 0 Å². The SMILES string of the molecule is C=C(Br)CC1(C)CCCc2cc(O[Si](C)(C)C(C)(C)C)ccc21. The van der Waals surface area contributed by atoms with Crippen LogP contribution in [0.2, 0.25) is 18.1 Å². The van der Waals surface area contributed by atoms with E-state index in [9.17, 15) is 0 Å². The molecule has 1 aliphatic carbocycles. The molecule has 0 N–H and O–H groups in total. The smallest absolute Gasteiger partial charge is 0.250 e. The van der Waals surface area contributed by atoms with Crippen LogP contribution in [-0.2, 0) is 11.8 Å². The molecule has 23 heavy (non-hydrogen) atoms. The van der Waals surface area contributed by atoms with E-state index in [-0.39, 0.29) is 10.5 Å². The van der Waals surface area contributed by atoms with Gasteiger partial charge in [-0.3, -0.25) is 0 Å². The van der Waals surface area contributed by atoms with Gasteiger partial charge in [0.1, 0.15) is 5.75 Å². The maximum atomic E-state index is 6.49. The monoisotopic (exact) mass is 394 g/mol. The van der Waals surface area contributed by atoms with E-state index in [1.165, 1.54) is 24.0 Å². The Morgan fingerprint density at radius 1 is 1.35 bits per heavy atom. The standard InChI is InChI=1S/C20H31BrOSi/c1-15(21)14-20(5)12-8-9-16-13-17(10-11-18(16)20)22-23(6,7)19(2,3)4/h10-11,13H,1,8-9,12,14H2,2-7H3. The van der Waals surface area contributed by atoms with Crippen LogP contribution >= 0.6 is 15.9 Å². The number of halogens is 1. The summed E-state index contributed by atoms with van der Waals surface area (Å²) in [5.41, 5.74) is 3.14. The molecule has 1 aliphatic rings. The number of benzene rings is 1. The minimum absolute atomic E-state index is 0.198. The van der Waals surface area contributed by atoms with Crippen molar-refractivity contribution in [2.45, 2.75) is 76.9 Å². The van der Waals surface area contributed by atoms with Gasteiger partial charge in [0.25, 0.3) is 0 Å². The third-order valence-electron chi connectivity index (χ3n) is 5.66. The van der Waals surface area contributed by atoms with E-state index >= 15 is 0 Å². The van der Waals surface area contributed by atoms with Crippen molar-refractivity contribution in [1.29, 1.82) is 0 Å². The lowest BCUT2D eigenvalue weighted by atomic mass is 9.69. The summed E-state index contributed by atoms with van der Waals surface area (Å²) in [5, 5.41) is 0.227. The highest BCUT2D eigenvalue weighted by Crippen LogP contribution is 2.44. The number of aryl methyl sites for hydroxylation is 1. The number of hydrogen-bond donors (Lipinski definition) is 0. The Hall–Kier alpha value is -0.543. The normalized spacial score (nSPS) is 21.7. The van der Waals surface area contributed by atoms with Crippen molar-refractivity contribution in [3.05, 3.63) is 40.4 Å². The Kier molecular flexibility index (Phi) is 5.23. The summed E-state index contributed by atoms with van der Waals surface area (Å²) in [7, 11) is -1.77. The lowest BCUT2D eigenvalue weighted by Crippen LogP contribution is -2.43. The van der Waals surface area contributed by atoms with E-state index in [1.54, 1.807) is 0 Å². The molecule has 1 aromatic carbocycles. The van der Waals surface area contributed by atoms with Crippen LogP contribution < -0.4 is 4.43 Å². The van der Waals surface area contributed by atoms with Crippen LogP contribution in [0.3, 0.4) is 0 Å². The second-order valence-corrected chi connectivity index (χ2v) is 14.6. The number of fused-ring (bicyclic) bond motifs is 1. The zero-order valence-electron chi connectivity index (χ0n) is 15.6. The molecule has 1 unspecified atom stereocenters. The van der Waals surface area contributed by atoms with Crippen molar-refractivity contribution in [1.82, 2.24) is 0 Å². The number of allylic oxidation sites excluding steroid dienone is 1. The predicted molar refractivity (Wildman–Crippen MR) is 107 cm³/mol. The van der Waals surface area contributed by atoms with Crippen LogP contribution in [0.5, 0.6) is 5.75 Å². The first-order valence-electron chi connectivity index (χ1n) is 8.60. The Balaban J connectivity index is 2.32. The van der Waals surface area contributed by atoms with Crippen molar-refractivity contribution >= 4 is 24.2 Å². The second-order valence-electron chi connectivity index (χ2n) is 8.79. The second kappa shape index (κ2) is 6.40. The minimum atomic E-state index is -1.77. The van der Waals surface area contributed by atoms with Gasteiger partial charge >= 0.3 is 0 Å². The van der Waals surface area contributed by atoms with Crippen molar-refractivity contribution in [2.24, 2.45) is 0 Å². The topological polar surface area (TPSA) is 9.23 Å². The average Bonchev–Trinajstić information content (AvgIpc) is 2.35. The maximum absolute atomic E-state index is 6.49. The zero-order valence-corrected chi connectivity index (χ0v) is 18.1. The highest BCUT2D eigenvalue weighted by molar-refractivity contribution is 9.11. The zero-order chi connectivity index (χ0) is 17.5. The van der Waals surface area contributed by atoms with Crippen LogP contribution in [0.25, 0.3) is 0 Å². The molecule has 128 valence electrons. The summed E-state index contributed by atoms with van der Waals surface area (Å²) < 4.78 is 7.59. The quantitative estimate of drug-likeness (QED) is 0.501. The molecule has 0 radical (unpaired) electrons. The van der Waals surface area contributed by atoms with Crippen molar-refractivity contribution in [3.63, 3.8) is 0 Å². The fraction of sp³-hybridized carbons (Fsp3) is 0.600. The first-order chi connectivity index (χ1) is 10.4. The highest BCUT2D eigenvalue weighted by Gasteiger charge is 2.39. The van der Waals surface area contributed by atoms with E-state index in [1.807, 2.05) is 0 Å². The average molecular weight is 395 g/mol. The van der Waals surface area contributed by atoms with E-state index in [0.717, 1.165) is 23.1 Å². The summed E-state index contributed by atoms with van der Waals surface area (Å²) in [4.78, 5) is 0. The minimum Gasteiger partial charge on any atom is -0.543 e. The fourth-order valence-corrected chi connectivity index (χ4v) is 4.93. The molecule has 1 nitrogen and oxygen atoms in total. The van der Waals surface area contributed by atoms with E-state index in [4.69, 9.17) is 4.43 Å². The summed E-state index contributed by atoms with van der Waals surface area (Å²) in [6, 6.07) is 6.77. The molecule has 0 amide bonds. The van der Waals surface area contributed by atoms with Gasteiger partial charge in [-0.25, -0.2) is 0 Å². The summed E-state index contributed by atoms with van der Waals surface area (Å²) in [6.45, 7) is 17.9. The van der Waals surface area contributed by atoms with Crippen LogP contribution in [0, 0.1) is 0 Å². The summed E-state index contributed by atoms with van der Waals surface area (Å²) >= 11 is 3.56. The molecule has 3 heteroatoms. The molecule has 0 heterocycles. The molecular formula is C20H31BrOSi. The Morgan fingerprint density at radius 3 is 2.57 bits per heavy atom. The molecule has 0 saturated carbocycles. The Labute approximate surface area is 151 Å². The van der Waals surface area contributed by atoms with Gasteiger partial charge in [0.15, 0.2) is 0 Å².